The van der Waals surface area contributed by atoms with Crippen LogP contribution in [0.25, 0.3) is 0 Å². The minimum atomic E-state index is -0.461. The summed E-state index contributed by atoms with van der Waals surface area (Å²) in [6.45, 7) is 2.20. The summed E-state index contributed by atoms with van der Waals surface area (Å²) in [5.74, 6) is -0.275. The summed E-state index contributed by atoms with van der Waals surface area (Å²) < 4.78 is 19.7. The van der Waals surface area contributed by atoms with E-state index in [4.69, 9.17) is 10.5 Å². The van der Waals surface area contributed by atoms with Gasteiger partial charge in [-0.2, -0.15) is 0 Å². The van der Waals surface area contributed by atoms with Gasteiger partial charge in [-0.25, -0.2) is 4.39 Å². The number of hydrogen-bond donors (Lipinski definition) is 2. The molecule has 2 rings (SSSR count). The molecule has 0 atom stereocenters. The zero-order valence-corrected chi connectivity index (χ0v) is 12.0. The lowest BCUT2D eigenvalue weighted by Crippen LogP contribution is -2.01. The molecule has 3 N–H and O–H groups in total. The summed E-state index contributed by atoms with van der Waals surface area (Å²) >= 11 is 3.43. The smallest absolute Gasteiger partial charge is 0.167 e. The van der Waals surface area contributed by atoms with E-state index in [1.807, 2.05) is 24.3 Å². The van der Waals surface area contributed by atoms with E-state index in [9.17, 15) is 4.39 Å². The van der Waals surface area contributed by atoms with Crippen molar-refractivity contribution in [3.8, 4) is 5.75 Å². The minimum absolute atomic E-state index is 0.186. The summed E-state index contributed by atoms with van der Waals surface area (Å²) in [5, 5.41) is 3.15. The van der Waals surface area contributed by atoms with Crippen molar-refractivity contribution >= 4 is 33.0 Å². The van der Waals surface area contributed by atoms with E-state index in [0.717, 1.165) is 10.2 Å². The van der Waals surface area contributed by atoms with Crippen LogP contribution in [0.1, 0.15) is 6.92 Å². The Morgan fingerprint density at radius 1 is 1.26 bits per heavy atom. The second-order valence-corrected chi connectivity index (χ2v) is 4.76. The van der Waals surface area contributed by atoms with Crippen LogP contribution in [0.5, 0.6) is 5.75 Å². The SMILES string of the molecule is CCOc1cc(Nc2ccccc2Br)c(N)cc1F. The highest BCUT2D eigenvalue weighted by Gasteiger charge is 2.10. The highest BCUT2D eigenvalue weighted by atomic mass is 79.9. The molecule has 0 aliphatic rings. The maximum absolute atomic E-state index is 13.6. The number of para-hydroxylation sites is 1. The van der Waals surface area contributed by atoms with Gasteiger partial charge in [-0.1, -0.05) is 12.1 Å². The Hall–Kier alpha value is -1.75. The Morgan fingerprint density at radius 2 is 2.00 bits per heavy atom. The van der Waals surface area contributed by atoms with Crippen LogP contribution in [0.2, 0.25) is 0 Å². The number of halogens is 2. The second kappa shape index (κ2) is 5.93. The zero-order chi connectivity index (χ0) is 13.8. The molecule has 0 unspecified atom stereocenters. The van der Waals surface area contributed by atoms with Crippen LogP contribution < -0.4 is 15.8 Å². The molecule has 19 heavy (non-hydrogen) atoms. The monoisotopic (exact) mass is 324 g/mol. The van der Waals surface area contributed by atoms with Crippen LogP contribution in [0.4, 0.5) is 21.5 Å². The number of hydrogen-bond acceptors (Lipinski definition) is 3. The average molecular weight is 325 g/mol. The fraction of sp³-hybridized carbons (Fsp3) is 0.143. The molecule has 2 aromatic rings. The van der Waals surface area contributed by atoms with Crippen molar-refractivity contribution < 1.29 is 9.13 Å². The first-order valence-corrected chi connectivity index (χ1v) is 6.64. The van der Waals surface area contributed by atoms with E-state index in [1.165, 1.54) is 6.07 Å². The van der Waals surface area contributed by atoms with Crippen molar-refractivity contribution in [1.29, 1.82) is 0 Å². The van der Waals surface area contributed by atoms with Gasteiger partial charge in [0.25, 0.3) is 0 Å². The number of benzene rings is 2. The van der Waals surface area contributed by atoms with Gasteiger partial charge in [0.2, 0.25) is 0 Å². The van der Waals surface area contributed by atoms with Gasteiger partial charge in [-0.15, -0.1) is 0 Å². The molecular formula is C14H14BrFN2O. The first-order valence-electron chi connectivity index (χ1n) is 5.85. The van der Waals surface area contributed by atoms with Crippen LogP contribution in [0, 0.1) is 5.82 Å². The first kappa shape index (κ1) is 13.7. The van der Waals surface area contributed by atoms with Gasteiger partial charge in [0, 0.05) is 16.6 Å². The highest BCUT2D eigenvalue weighted by Crippen LogP contribution is 2.32. The molecule has 0 heterocycles. The predicted molar refractivity (Wildman–Crippen MR) is 79.4 cm³/mol. The molecule has 5 heteroatoms. The van der Waals surface area contributed by atoms with Gasteiger partial charge in [-0.05, 0) is 35.0 Å². The maximum atomic E-state index is 13.6. The Balaban J connectivity index is 2.34. The van der Waals surface area contributed by atoms with Crippen molar-refractivity contribution in [2.24, 2.45) is 0 Å². The molecule has 0 aliphatic carbocycles. The lowest BCUT2D eigenvalue weighted by atomic mass is 10.2. The van der Waals surface area contributed by atoms with Gasteiger partial charge in [0.05, 0.1) is 23.7 Å². The molecule has 0 saturated heterocycles. The Labute approximate surface area is 119 Å². The Bertz CT molecular complexity index is 590. The van der Waals surface area contributed by atoms with E-state index in [2.05, 4.69) is 21.2 Å². The van der Waals surface area contributed by atoms with E-state index in [0.29, 0.717) is 18.0 Å². The lowest BCUT2D eigenvalue weighted by Gasteiger charge is -2.13. The standard InChI is InChI=1S/C14H14BrFN2O/c1-2-19-14-8-13(11(17)7-10(14)16)18-12-6-4-3-5-9(12)15/h3-8,18H,2,17H2,1H3. The number of ether oxygens (including phenoxy) is 1. The molecule has 0 saturated carbocycles. The molecule has 0 radical (unpaired) electrons. The molecule has 3 nitrogen and oxygen atoms in total. The number of nitrogens with one attached hydrogen (secondary N) is 1. The number of nitrogens with two attached hydrogens (primary N) is 1. The third-order valence-corrected chi connectivity index (χ3v) is 3.24. The average Bonchev–Trinajstić information content (AvgIpc) is 2.38. The molecule has 0 aromatic heterocycles. The van der Waals surface area contributed by atoms with E-state index in [-0.39, 0.29) is 5.75 Å². The van der Waals surface area contributed by atoms with Gasteiger partial charge in [0.15, 0.2) is 11.6 Å². The molecular weight excluding hydrogens is 311 g/mol. The highest BCUT2D eigenvalue weighted by molar-refractivity contribution is 9.10. The molecule has 0 spiro atoms. The first-order chi connectivity index (χ1) is 9.11. The fourth-order valence-electron chi connectivity index (χ4n) is 1.65. The predicted octanol–water partition coefficient (Wildman–Crippen LogP) is 4.31. The lowest BCUT2D eigenvalue weighted by molar-refractivity contribution is 0.322. The van der Waals surface area contributed by atoms with Crippen molar-refractivity contribution in [3.63, 3.8) is 0 Å². The van der Waals surface area contributed by atoms with Gasteiger partial charge < -0.3 is 15.8 Å². The van der Waals surface area contributed by atoms with E-state index < -0.39 is 5.82 Å². The fourth-order valence-corrected chi connectivity index (χ4v) is 2.03. The van der Waals surface area contributed by atoms with Gasteiger partial charge >= 0.3 is 0 Å². The van der Waals surface area contributed by atoms with Crippen molar-refractivity contribution in [2.75, 3.05) is 17.7 Å². The summed E-state index contributed by atoms with van der Waals surface area (Å²) in [6, 6.07) is 10.4. The summed E-state index contributed by atoms with van der Waals surface area (Å²) in [6.07, 6.45) is 0. The number of anilines is 3. The minimum Gasteiger partial charge on any atom is -0.491 e. The number of nitrogen functional groups attached to an aromatic ring is 1. The van der Waals surface area contributed by atoms with Gasteiger partial charge in [0.1, 0.15) is 0 Å². The number of rotatable bonds is 4. The summed E-state index contributed by atoms with van der Waals surface area (Å²) in [7, 11) is 0. The van der Waals surface area contributed by atoms with Crippen molar-refractivity contribution in [1.82, 2.24) is 0 Å². The van der Waals surface area contributed by atoms with Crippen LogP contribution in [-0.4, -0.2) is 6.61 Å². The third kappa shape index (κ3) is 3.17. The van der Waals surface area contributed by atoms with E-state index in [1.54, 1.807) is 13.0 Å². The Kier molecular flexibility index (Phi) is 4.27. The quantitative estimate of drug-likeness (QED) is 0.824. The molecule has 2 aromatic carbocycles. The molecule has 0 aliphatic heterocycles. The molecule has 100 valence electrons. The maximum Gasteiger partial charge on any atom is 0.167 e. The van der Waals surface area contributed by atoms with Crippen LogP contribution in [0.15, 0.2) is 40.9 Å². The largest absolute Gasteiger partial charge is 0.491 e. The van der Waals surface area contributed by atoms with Crippen molar-refractivity contribution in [2.45, 2.75) is 6.92 Å². The molecule has 0 bridgehead atoms. The topological polar surface area (TPSA) is 47.3 Å². The zero-order valence-electron chi connectivity index (χ0n) is 10.4. The van der Waals surface area contributed by atoms with Crippen LogP contribution in [-0.2, 0) is 0 Å². The van der Waals surface area contributed by atoms with Crippen LogP contribution >= 0.6 is 15.9 Å². The van der Waals surface area contributed by atoms with Gasteiger partial charge in [-0.3, -0.25) is 0 Å². The second-order valence-electron chi connectivity index (χ2n) is 3.91. The normalized spacial score (nSPS) is 10.3. The Morgan fingerprint density at radius 3 is 2.68 bits per heavy atom. The van der Waals surface area contributed by atoms with Crippen LogP contribution in [0.3, 0.4) is 0 Å². The third-order valence-electron chi connectivity index (χ3n) is 2.55. The summed E-state index contributed by atoms with van der Waals surface area (Å²) in [5.41, 5.74) is 7.60. The summed E-state index contributed by atoms with van der Waals surface area (Å²) in [4.78, 5) is 0. The van der Waals surface area contributed by atoms with Crippen molar-refractivity contribution in [3.05, 3.63) is 46.7 Å². The molecule has 0 fully saturated rings. The molecule has 0 amide bonds. The van der Waals surface area contributed by atoms with E-state index >= 15 is 0 Å².